The number of nitrogens with zero attached hydrogens (tertiary/aromatic N) is 2. The number of hydrogen-bond donors (Lipinski definition) is 1. The molecule has 1 N–H and O–H groups in total. The maximum absolute atomic E-state index is 13.3. The van der Waals surface area contributed by atoms with E-state index in [1.807, 2.05) is 0 Å². The van der Waals surface area contributed by atoms with Crippen molar-refractivity contribution in [2.75, 3.05) is 6.61 Å². The van der Waals surface area contributed by atoms with E-state index in [2.05, 4.69) is 25.5 Å². The molecule has 1 aromatic rings. The molecule has 0 saturated heterocycles. The number of rotatable bonds is 4. The molecule has 1 rings (SSSR count). The number of ether oxygens (including phenoxy) is 1. The average Bonchev–Trinajstić information content (AvgIpc) is 2.39. The number of alkyl halides is 3. The Balaban J connectivity index is 3.51. The predicted molar refractivity (Wildman–Crippen MR) is 69.4 cm³/mol. The van der Waals surface area contributed by atoms with Crippen LogP contribution in [0.15, 0.2) is 28.7 Å². The highest BCUT2D eigenvalue weighted by Crippen LogP contribution is 2.40. The Hall–Kier alpha value is -1.70. The van der Waals surface area contributed by atoms with Gasteiger partial charge in [-0.25, -0.2) is 4.79 Å². The molecule has 0 radical (unpaired) electrons. The van der Waals surface area contributed by atoms with Crippen molar-refractivity contribution < 1.29 is 32.6 Å². The summed E-state index contributed by atoms with van der Waals surface area (Å²) in [6, 6.07) is 4.38. The molecule has 0 unspecified atom stereocenters. The topological polar surface area (TPSA) is 82.9 Å². The van der Waals surface area contributed by atoms with Crippen LogP contribution in [0.1, 0.15) is 12.5 Å². The molecule has 0 amide bonds. The molecule has 0 spiro atoms. The minimum atomic E-state index is -5.30. The molecule has 0 aliphatic carbocycles. The van der Waals surface area contributed by atoms with Crippen LogP contribution in [-0.4, -0.2) is 34.4 Å². The fraction of sp³-hybridized carbons (Fsp3) is 0.333. The van der Waals surface area contributed by atoms with Gasteiger partial charge in [0.15, 0.2) is 0 Å². The summed E-state index contributed by atoms with van der Waals surface area (Å²) < 4.78 is 44.7. The quantitative estimate of drug-likeness (QED) is 0.384. The van der Waals surface area contributed by atoms with Gasteiger partial charge in [0.1, 0.15) is 0 Å². The van der Waals surface area contributed by atoms with E-state index in [1.54, 1.807) is 0 Å². The van der Waals surface area contributed by atoms with E-state index < -0.39 is 29.0 Å². The van der Waals surface area contributed by atoms with Crippen LogP contribution < -0.4 is 0 Å². The van der Waals surface area contributed by atoms with Crippen LogP contribution in [0, 0.1) is 0 Å². The summed E-state index contributed by atoms with van der Waals surface area (Å²) in [6.45, 7) is 1.12. The summed E-state index contributed by atoms with van der Waals surface area (Å²) in [6.07, 6.45) is -5.30. The normalized spacial score (nSPS) is 14.0. The van der Waals surface area contributed by atoms with E-state index in [0.717, 1.165) is 12.1 Å². The van der Waals surface area contributed by atoms with Crippen LogP contribution in [0.25, 0.3) is 5.53 Å². The number of halogens is 4. The van der Waals surface area contributed by atoms with Gasteiger partial charge in [-0.05, 0) is 19.1 Å². The first-order valence-electron chi connectivity index (χ1n) is 5.63. The molecule has 21 heavy (non-hydrogen) atoms. The van der Waals surface area contributed by atoms with E-state index in [9.17, 15) is 23.1 Å². The zero-order chi connectivity index (χ0) is 16.3. The highest BCUT2D eigenvalue weighted by molar-refractivity contribution is 9.10. The maximum atomic E-state index is 13.3. The highest BCUT2D eigenvalue weighted by atomic mass is 79.9. The van der Waals surface area contributed by atoms with Crippen molar-refractivity contribution in [1.82, 2.24) is 0 Å². The summed E-state index contributed by atoms with van der Waals surface area (Å²) in [5, 5.41) is 10.0. The Morgan fingerprint density at radius 1 is 1.38 bits per heavy atom. The number of hydrogen-bond acceptors (Lipinski definition) is 3. The third-order valence-electron chi connectivity index (χ3n) is 2.58. The van der Waals surface area contributed by atoms with Crippen molar-refractivity contribution >= 4 is 27.6 Å². The number of benzene rings is 1. The Morgan fingerprint density at radius 2 is 1.90 bits per heavy atom. The molecule has 114 valence electrons. The molecule has 1 atom stereocenters. The molecule has 0 heterocycles. The van der Waals surface area contributed by atoms with Crippen LogP contribution in [0.2, 0.25) is 0 Å². The molecule has 5 nitrogen and oxygen atoms in total. The molecule has 0 aromatic heterocycles. The van der Waals surface area contributed by atoms with Gasteiger partial charge < -0.3 is 15.4 Å². The van der Waals surface area contributed by atoms with E-state index in [1.165, 1.54) is 19.1 Å². The van der Waals surface area contributed by atoms with Crippen LogP contribution in [0.4, 0.5) is 13.2 Å². The van der Waals surface area contributed by atoms with Crippen molar-refractivity contribution in [2.45, 2.75) is 18.7 Å². The number of aliphatic hydroxyl groups is 1. The van der Waals surface area contributed by atoms with E-state index in [0.29, 0.717) is 4.47 Å². The second kappa shape index (κ2) is 6.38. The zero-order valence-electron chi connectivity index (χ0n) is 10.7. The van der Waals surface area contributed by atoms with Gasteiger partial charge in [-0.2, -0.15) is 18.0 Å². The maximum Gasteiger partial charge on any atom is 0.433 e. The molecule has 9 heteroatoms. The van der Waals surface area contributed by atoms with E-state index in [4.69, 9.17) is 5.53 Å². The van der Waals surface area contributed by atoms with Gasteiger partial charge in [-0.3, -0.25) is 0 Å². The van der Waals surface area contributed by atoms with Gasteiger partial charge in [-0.15, -0.1) is 0 Å². The number of carbonyl (C=O) groups excluding carboxylic acids is 1. The third-order valence-corrected chi connectivity index (χ3v) is 3.11. The van der Waals surface area contributed by atoms with E-state index in [-0.39, 0.29) is 6.61 Å². The summed E-state index contributed by atoms with van der Waals surface area (Å²) in [5.41, 5.74) is 2.74. The largest absolute Gasteiger partial charge is 0.457 e. The van der Waals surface area contributed by atoms with Gasteiger partial charge in [0, 0.05) is 10.0 Å². The summed E-state index contributed by atoms with van der Waals surface area (Å²) in [7, 11) is 0. The summed E-state index contributed by atoms with van der Waals surface area (Å²) in [4.78, 5) is 13.8. The Bertz CT molecular complexity index is 582. The molecule has 0 aliphatic rings. The van der Waals surface area contributed by atoms with Gasteiger partial charge >= 0.3 is 17.9 Å². The molecule has 0 bridgehead atoms. The van der Waals surface area contributed by atoms with Gasteiger partial charge in [0.25, 0.3) is 5.60 Å². The molecule has 0 aliphatic heterocycles. The van der Waals surface area contributed by atoms with Crippen molar-refractivity contribution in [1.29, 1.82) is 0 Å². The Morgan fingerprint density at radius 3 is 2.29 bits per heavy atom. The second-order valence-electron chi connectivity index (χ2n) is 3.88. The first kappa shape index (κ1) is 17.4. The first-order chi connectivity index (χ1) is 9.68. The minimum absolute atomic E-state index is 0.244. The Labute approximate surface area is 126 Å². The predicted octanol–water partition coefficient (Wildman–Crippen LogP) is 2.43. The zero-order valence-corrected chi connectivity index (χ0v) is 12.3. The van der Waals surface area contributed by atoms with Gasteiger partial charge in [-0.1, -0.05) is 28.1 Å². The smallest absolute Gasteiger partial charge is 0.433 e. The lowest BCUT2D eigenvalue weighted by molar-refractivity contribution is -0.247. The van der Waals surface area contributed by atoms with Gasteiger partial charge in [0.05, 0.1) is 6.61 Å². The molecular formula is C12H10BrF3N2O3. The molecular weight excluding hydrogens is 357 g/mol. The fourth-order valence-electron chi connectivity index (χ4n) is 1.59. The first-order valence-corrected chi connectivity index (χ1v) is 6.42. The van der Waals surface area contributed by atoms with Gasteiger partial charge in [0.2, 0.25) is 0 Å². The van der Waals surface area contributed by atoms with Crippen LogP contribution in [0.3, 0.4) is 0 Å². The van der Waals surface area contributed by atoms with Crippen molar-refractivity contribution in [3.8, 4) is 0 Å². The molecule has 0 fully saturated rings. The van der Waals surface area contributed by atoms with E-state index >= 15 is 0 Å². The minimum Gasteiger partial charge on any atom is -0.457 e. The lowest BCUT2D eigenvalue weighted by Gasteiger charge is -2.25. The highest BCUT2D eigenvalue weighted by Gasteiger charge is 2.66. The molecule has 1 aromatic carbocycles. The third kappa shape index (κ3) is 3.31. The fourth-order valence-corrected chi connectivity index (χ4v) is 1.85. The summed E-state index contributed by atoms with van der Waals surface area (Å²) in [5.74, 6) is -1.57. The number of esters is 1. The SMILES string of the molecule is CCOC(=O)C(=[N+]=[N-])[C@](O)(c1ccc(Br)cc1)C(F)(F)F. The average molecular weight is 367 g/mol. The monoisotopic (exact) mass is 366 g/mol. The standard InChI is InChI=1S/C12H10BrF3N2O3/c1-2-21-10(19)9(18-17)11(20,12(14,15)16)7-3-5-8(13)6-4-7/h3-6,20H,2H2,1H3/t11-/m1/s1. The molecule has 0 saturated carbocycles. The summed E-state index contributed by atoms with van der Waals surface area (Å²) >= 11 is 3.04. The van der Waals surface area contributed by atoms with Crippen molar-refractivity contribution in [3.63, 3.8) is 0 Å². The van der Waals surface area contributed by atoms with Crippen LogP contribution >= 0.6 is 15.9 Å². The lowest BCUT2D eigenvalue weighted by Crippen LogP contribution is -2.53. The number of carbonyl (C=O) groups is 1. The van der Waals surface area contributed by atoms with Crippen molar-refractivity contribution in [2.24, 2.45) is 0 Å². The van der Waals surface area contributed by atoms with Crippen LogP contribution in [-0.2, 0) is 15.1 Å². The Kier molecular flexibility index (Phi) is 5.27. The lowest BCUT2D eigenvalue weighted by atomic mass is 9.88. The van der Waals surface area contributed by atoms with Crippen LogP contribution in [0.5, 0.6) is 0 Å². The second-order valence-corrected chi connectivity index (χ2v) is 4.80. The van der Waals surface area contributed by atoms with Crippen molar-refractivity contribution in [3.05, 3.63) is 39.8 Å².